The van der Waals surface area contributed by atoms with E-state index in [1.54, 1.807) is 24.4 Å². The van der Waals surface area contributed by atoms with E-state index in [4.69, 9.17) is 4.74 Å². The van der Waals surface area contributed by atoms with Gasteiger partial charge in [0, 0.05) is 18.1 Å². The first kappa shape index (κ1) is 15.5. The molecule has 7 heteroatoms. The summed E-state index contributed by atoms with van der Waals surface area (Å²) in [5.74, 6) is -1.56. The van der Waals surface area contributed by atoms with Crippen LogP contribution < -0.4 is 5.32 Å². The largest absolute Gasteiger partial charge is 0.452 e. The first-order chi connectivity index (χ1) is 11.6. The number of ether oxygens (including phenoxy) is 1. The summed E-state index contributed by atoms with van der Waals surface area (Å²) in [5, 5.41) is 2.50. The number of aromatic nitrogens is 2. The Morgan fingerprint density at radius 3 is 2.46 bits per heavy atom. The van der Waals surface area contributed by atoms with E-state index in [0.29, 0.717) is 16.7 Å². The smallest absolute Gasteiger partial charge is 0.338 e. The van der Waals surface area contributed by atoms with Crippen LogP contribution in [0.15, 0.2) is 54.9 Å². The van der Waals surface area contributed by atoms with E-state index >= 15 is 0 Å². The van der Waals surface area contributed by atoms with Gasteiger partial charge in [-0.15, -0.1) is 0 Å². The maximum Gasteiger partial charge on any atom is 0.338 e. The third kappa shape index (κ3) is 3.70. The minimum atomic E-state index is -0.642. The van der Waals surface area contributed by atoms with Gasteiger partial charge in [-0.3, -0.25) is 14.8 Å². The third-order valence-corrected chi connectivity index (χ3v) is 3.17. The van der Waals surface area contributed by atoms with Crippen molar-refractivity contribution in [1.29, 1.82) is 0 Å². The average Bonchev–Trinajstić information content (AvgIpc) is 2.61. The van der Waals surface area contributed by atoms with Crippen LogP contribution in [0.25, 0.3) is 11.0 Å². The van der Waals surface area contributed by atoms with Crippen molar-refractivity contribution in [3.63, 3.8) is 0 Å². The molecule has 0 saturated carbocycles. The molecule has 120 valence electrons. The first-order valence-electron chi connectivity index (χ1n) is 7.05. The van der Waals surface area contributed by atoms with Gasteiger partial charge >= 0.3 is 5.97 Å². The molecule has 3 rings (SSSR count). The second-order valence-electron chi connectivity index (χ2n) is 4.89. The maximum atomic E-state index is 12.8. The van der Waals surface area contributed by atoms with Gasteiger partial charge in [-0.2, -0.15) is 0 Å². The summed E-state index contributed by atoms with van der Waals surface area (Å²) in [4.78, 5) is 31.9. The van der Waals surface area contributed by atoms with Gasteiger partial charge in [-0.05, 0) is 42.5 Å². The van der Waals surface area contributed by atoms with Crippen molar-refractivity contribution in [2.24, 2.45) is 0 Å². The Morgan fingerprint density at radius 2 is 1.71 bits per heavy atom. The number of carbonyl (C=O) groups excluding carboxylic acids is 2. The van der Waals surface area contributed by atoms with E-state index in [-0.39, 0.29) is 5.56 Å². The number of hydrogen-bond donors (Lipinski definition) is 1. The summed E-state index contributed by atoms with van der Waals surface area (Å²) in [7, 11) is 0. The number of anilines is 1. The van der Waals surface area contributed by atoms with Gasteiger partial charge < -0.3 is 10.1 Å². The fraction of sp³-hybridized carbons (Fsp3) is 0.0588. The molecule has 0 aliphatic carbocycles. The van der Waals surface area contributed by atoms with Crippen LogP contribution in [-0.4, -0.2) is 28.5 Å². The molecule has 24 heavy (non-hydrogen) atoms. The second-order valence-corrected chi connectivity index (χ2v) is 4.89. The van der Waals surface area contributed by atoms with Crippen LogP contribution in [0, 0.1) is 5.82 Å². The molecule has 0 aliphatic rings. The van der Waals surface area contributed by atoms with Crippen molar-refractivity contribution in [2.45, 2.75) is 0 Å². The summed E-state index contributed by atoms with van der Waals surface area (Å²) in [6.07, 6.45) is 3.08. The van der Waals surface area contributed by atoms with E-state index in [1.807, 2.05) is 0 Å². The fourth-order valence-corrected chi connectivity index (χ4v) is 2.03. The third-order valence-electron chi connectivity index (χ3n) is 3.17. The lowest BCUT2D eigenvalue weighted by Gasteiger charge is -2.07. The maximum absolute atomic E-state index is 12.8. The molecule has 1 amide bonds. The fourth-order valence-electron chi connectivity index (χ4n) is 2.03. The molecule has 0 aliphatic heterocycles. The van der Waals surface area contributed by atoms with E-state index in [2.05, 4.69) is 15.3 Å². The molecular formula is C17H12FN3O3. The Morgan fingerprint density at radius 1 is 1.00 bits per heavy atom. The monoisotopic (exact) mass is 325 g/mol. The number of amides is 1. The zero-order valence-corrected chi connectivity index (χ0v) is 12.4. The Balaban J connectivity index is 1.59. The van der Waals surface area contributed by atoms with Crippen molar-refractivity contribution in [2.75, 3.05) is 11.9 Å². The Hall–Kier alpha value is -3.35. The summed E-state index contributed by atoms with van der Waals surface area (Å²) in [5.41, 5.74) is 1.90. The summed E-state index contributed by atoms with van der Waals surface area (Å²) in [6, 6.07) is 10.0. The van der Waals surface area contributed by atoms with Crippen molar-refractivity contribution >= 4 is 28.6 Å². The quantitative estimate of drug-likeness (QED) is 0.746. The normalized spacial score (nSPS) is 10.4. The molecule has 0 bridgehead atoms. The van der Waals surface area contributed by atoms with Crippen LogP contribution >= 0.6 is 0 Å². The molecule has 6 nitrogen and oxygen atoms in total. The molecule has 1 heterocycles. The highest BCUT2D eigenvalue weighted by molar-refractivity contribution is 5.97. The summed E-state index contributed by atoms with van der Waals surface area (Å²) >= 11 is 0. The molecule has 2 aromatic carbocycles. The van der Waals surface area contributed by atoms with Crippen molar-refractivity contribution in [3.8, 4) is 0 Å². The zero-order chi connectivity index (χ0) is 16.9. The number of hydrogen-bond acceptors (Lipinski definition) is 5. The number of rotatable bonds is 4. The standard InChI is InChI=1S/C17H12FN3O3/c18-12-2-4-13(5-3-12)21-16(22)10-24-17(23)11-1-6-14-15(9-11)20-8-7-19-14/h1-9H,10H2,(H,21,22). The molecular weight excluding hydrogens is 313 g/mol. The van der Waals surface area contributed by atoms with Gasteiger partial charge in [0.15, 0.2) is 6.61 Å². The van der Waals surface area contributed by atoms with Crippen molar-refractivity contribution in [3.05, 3.63) is 66.2 Å². The average molecular weight is 325 g/mol. The molecule has 1 N–H and O–H groups in total. The lowest BCUT2D eigenvalue weighted by molar-refractivity contribution is -0.119. The molecule has 0 fully saturated rings. The number of halogens is 1. The van der Waals surface area contributed by atoms with E-state index in [0.717, 1.165) is 0 Å². The number of esters is 1. The Bertz CT molecular complexity index is 897. The molecule has 0 atom stereocenters. The minimum absolute atomic E-state index is 0.276. The van der Waals surface area contributed by atoms with Gasteiger partial charge in [0.1, 0.15) is 5.82 Å². The van der Waals surface area contributed by atoms with Crippen LogP contribution in [0.1, 0.15) is 10.4 Å². The highest BCUT2D eigenvalue weighted by Gasteiger charge is 2.11. The molecule has 3 aromatic rings. The number of benzene rings is 2. The zero-order valence-electron chi connectivity index (χ0n) is 12.4. The van der Waals surface area contributed by atoms with Gasteiger partial charge in [0.25, 0.3) is 5.91 Å². The predicted molar refractivity (Wildman–Crippen MR) is 84.9 cm³/mol. The summed E-state index contributed by atoms with van der Waals surface area (Å²) in [6.45, 7) is -0.450. The van der Waals surface area contributed by atoms with Gasteiger partial charge in [-0.1, -0.05) is 0 Å². The second kappa shape index (κ2) is 6.82. The first-order valence-corrected chi connectivity index (χ1v) is 7.05. The van der Waals surface area contributed by atoms with Crippen LogP contribution in [0.2, 0.25) is 0 Å². The lowest BCUT2D eigenvalue weighted by Crippen LogP contribution is -2.20. The van der Waals surface area contributed by atoms with E-state index in [9.17, 15) is 14.0 Å². The van der Waals surface area contributed by atoms with Gasteiger partial charge in [0.2, 0.25) is 0 Å². The summed E-state index contributed by atoms with van der Waals surface area (Å²) < 4.78 is 17.7. The molecule has 0 saturated heterocycles. The van der Waals surface area contributed by atoms with Crippen LogP contribution in [0.5, 0.6) is 0 Å². The lowest BCUT2D eigenvalue weighted by atomic mass is 10.2. The Labute approximate surface area is 136 Å². The van der Waals surface area contributed by atoms with Crippen LogP contribution in [0.4, 0.5) is 10.1 Å². The number of fused-ring (bicyclic) bond motifs is 1. The highest BCUT2D eigenvalue weighted by Crippen LogP contribution is 2.12. The number of carbonyl (C=O) groups is 2. The molecule has 0 unspecified atom stereocenters. The SMILES string of the molecule is O=C(COC(=O)c1ccc2nccnc2c1)Nc1ccc(F)cc1. The number of nitrogens with one attached hydrogen (secondary N) is 1. The minimum Gasteiger partial charge on any atom is -0.452 e. The predicted octanol–water partition coefficient (Wildman–Crippen LogP) is 2.56. The molecule has 0 radical (unpaired) electrons. The van der Waals surface area contributed by atoms with Gasteiger partial charge in [0.05, 0.1) is 16.6 Å². The van der Waals surface area contributed by atoms with E-state index in [1.165, 1.54) is 30.5 Å². The molecule has 0 spiro atoms. The van der Waals surface area contributed by atoms with Gasteiger partial charge in [-0.25, -0.2) is 9.18 Å². The van der Waals surface area contributed by atoms with Crippen LogP contribution in [0.3, 0.4) is 0 Å². The van der Waals surface area contributed by atoms with E-state index < -0.39 is 24.3 Å². The molecule has 1 aromatic heterocycles. The van der Waals surface area contributed by atoms with Crippen molar-refractivity contribution in [1.82, 2.24) is 9.97 Å². The van der Waals surface area contributed by atoms with Crippen LogP contribution in [-0.2, 0) is 9.53 Å². The highest BCUT2D eigenvalue weighted by atomic mass is 19.1. The Kier molecular flexibility index (Phi) is 4.42. The number of nitrogens with zero attached hydrogens (tertiary/aromatic N) is 2. The topological polar surface area (TPSA) is 81.2 Å². The van der Waals surface area contributed by atoms with Crippen molar-refractivity contribution < 1.29 is 18.7 Å².